The molecule has 0 unspecified atom stereocenters. The van der Waals surface area contributed by atoms with Crippen LogP contribution >= 0.6 is 0 Å². The van der Waals surface area contributed by atoms with Gasteiger partial charge in [-0.25, -0.2) is 0 Å². The second kappa shape index (κ2) is 6.07. The van der Waals surface area contributed by atoms with Gasteiger partial charge in [0.05, 0.1) is 0 Å². The van der Waals surface area contributed by atoms with E-state index in [-0.39, 0.29) is 28.7 Å². The number of ketones is 1. The molecule has 26 heavy (non-hydrogen) atoms. The summed E-state index contributed by atoms with van der Waals surface area (Å²) in [5.41, 5.74) is 1.49. The summed E-state index contributed by atoms with van der Waals surface area (Å²) in [6.07, 6.45) is 12.1. The van der Waals surface area contributed by atoms with Gasteiger partial charge in [-0.1, -0.05) is 39.3 Å². The van der Waals surface area contributed by atoms with Crippen molar-refractivity contribution in [3.05, 3.63) is 23.8 Å². The smallest absolute Gasteiger partial charge is 0.305 e. The van der Waals surface area contributed by atoms with Gasteiger partial charge in [0.15, 0.2) is 5.78 Å². The fourth-order valence-corrected chi connectivity index (χ4v) is 6.99. The second-order valence-electron chi connectivity index (χ2n) is 9.62. The van der Waals surface area contributed by atoms with Gasteiger partial charge < -0.3 is 4.74 Å². The Morgan fingerprint density at radius 2 is 2.04 bits per heavy atom. The van der Waals surface area contributed by atoms with E-state index in [9.17, 15) is 9.59 Å². The zero-order chi connectivity index (χ0) is 18.7. The van der Waals surface area contributed by atoms with Crippen LogP contribution in [0.25, 0.3) is 0 Å². The lowest BCUT2D eigenvalue weighted by atomic mass is 9.48. The van der Waals surface area contributed by atoms with Gasteiger partial charge in [0.2, 0.25) is 0 Å². The summed E-state index contributed by atoms with van der Waals surface area (Å²) in [6.45, 7) is 8.86. The van der Waals surface area contributed by atoms with E-state index < -0.39 is 0 Å². The molecular formula is C23H32O3. The van der Waals surface area contributed by atoms with Crippen LogP contribution in [0.3, 0.4) is 0 Å². The molecule has 3 heteroatoms. The third-order valence-corrected chi connectivity index (χ3v) is 8.33. The average Bonchev–Trinajstić information content (AvgIpc) is 2.86. The number of carbonyl (C=O) groups is 2. The summed E-state index contributed by atoms with van der Waals surface area (Å²) in [6, 6.07) is 0. The fraction of sp³-hybridized carbons (Fsp3) is 0.739. The van der Waals surface area contributed by atoms with Crippen LogP contribution in [0.4, 0.5) is 0 Å². The Labute approximate surface area is 157 Å². The Hall–Kier alpha value is -1.38. The predicted molar refractivity (Wildman–Crippen MR) is 101 cm³/mol. The Kier molecular flexibility index (Phi) is 4.20. The van der Waals surface area contributed by atoms with E-state index in [0.717, 1.165) is 25.7 Å². The molecule has 3 nitrogen and oxygen atoms in total. The lowest BCUT2D eigenvalue weighted by molar-refractivity contribution is -0.161. The molecule has 4 aliphatic carbocycles. The SMILES string of the molecule is CCC(=O)O[C@@H]1[C@H](C)C[C@H]2[C@@H]3CCC4=CC(=O)C=C[C@]4(C)[C@H]3CC[C@]12C. The van der Waals surface area contributed by atoms with Crippen molar-refractivity contribution in [3.63, 3.8) is 0 Å². The van der Waals surface area contributed by atoms with Gasteiger partial charge >= 0.3 is 5.97 Å². The summed E-state index contributed by atoms with van der Waals surface area (Å²) in [7, 11) is 0. The maximum atomic E-state index is 12.0. The van der Waals surface area contributed by atoms with Crippen molar-refractivity contribution in [1.29, 1.82) is 0 Å². The van der Waals surface area contributed by atoms with Crippen LogP contribution in [-0.4, -0.2) is 17.9 Å². The van der Waals surface area contributed by atoms with Crippen LogP contribution in [0.5, 0.6) is 0 Å². The molecule has 0 heterocycles. The molecule has 142 valence electrons. The average molecular weight is 357 g/mol. The van der Waals surface area contributed by atoms with Crippen molar-refractivity contribution in [2.45, 2.75) is 72.3 Å². The maximum Gasteiger partial charge on any atom is 0.305 e. The molecule has 7 atom stereocenters. The van der Waals surface area contributed by atoms with Crippen LogP contribution in [0, 0.1) is 34.5 Å². The molecule has 0 aromatic rings. The van der Waals surface area contributed by atoms with E-state index in [1.54, 1.807) is 6.08 Å². The van der Waals surface area contributed by atoms with Crippen molar-refractivity contribution in [2.24, 2.45) is 34.5 Å². The van der Waals surface area contributed by atoms with Gasteiger partial charge in [-0.15, -0.1) is 0 Å². The van der Waals surface area contributed by atoms with E-state index in [1.807, 2.05) is 13.0 Å². The minimum absolute atomic E-state index is 0.0412. The number of hydrogen-bond acceptors (Lipinski definition) is 3. The van der Waals surface area contributed by atoms with E-state index in [2.05, 4.69) is 26.8 Å². The zero-order valence-electron chi connectivity index (χ0n) is 16.6. The molecular weight excluding hydrogens is 324 g/mol. The molecule has 0 N–H and O–H groups in total. The molecule has 4 rings (SSSR count). The highest BCUT2D eigenvalue weighted by Gasteiger charge is 2.61. The molecule has 0 aromatic carbocycles. The van der Waals surface area contributed by atoms with Gasteiger partial charge in [-0.3, -0.25) is 9.59 Å². The van der Waals surface area contributed by atoms with Crippen molar-refractivity contribution in [3.8, 4) is 0 Å². The lowest BCUT2D eigenvalue weighted by Crippen LogP contribution is -2.51. The highest BCUT2D eigenvalue weighted by Crippen LogP contribution is 2.65. The monoisotopic (exact) mass is 356 g/mol. The van der Waals surface area contributed by atoms with Gasteiger partial charge in [0.25, 0.3) is 0 Å². The van der Waals surface area contributed by atoms with Crippen molar-refractivity contribution in [1.82, 2.24) is 0 Å². The molecule has 0 radical (unpaired) electrons. The first kappa shape index (κ1) is 18.0. The van der Waals surface area contributed by atoms with Crippen LogP contribution in [0.1, 0.15) is 66.2 Å². The van der Waals surface area contributed by atoms with Gasteiger partial charge in [0, 0.05) is 17.3 Å². The molecule has 0 saturated heterocycles. The van der Waals surface area contributed by atoms with E-state index in [1.165, 1.54) is 12.0 Å². The number of esters is 1. The number of rotatable bonds is 2. The van der Waals surface area contributed by atoms with Crippen LogP contribution in [0.2, 0.25) is 0 Å². The molecule has 0 spiro atoms. The summed E-state index contributed by atoms with van der Waals surface area (Å²) in [5, 5.41) is 0. The molecule has 0 aliphatic heterocycles. The Balaban J connectivity index is 1.63. The van der Waals surface area contributed by atoms with Crippen LogP contribution in [0.15, 0.2) is 23.8 Å². The molecule has 3 fully saturated rings. The van der Waals surface area contributed by atoms with E-state index >= 15 is 0 Å². The lowest BCUT2D eigenvalue weighted by Gasteiger charge is -2.56. The first-order valence-corrected chi connectivity index (χ1v) is 10.4. The third kappa shape index (κ3) is 2.46. The largest absolute Gasteiger partial charge is 0.461 e. The minimum atomic E-state index is -0.0552. The second-order valence-corrected chi connectivity index (χ2v) is 9.62. The number of hydrogen-bond donors (Lipinski definition) is 0. The predicted octanol–water partition coefficient (Wildman–Crippen LogP) is 4.86. The van der Waals surface area contributed by atoms with Gasteiger partial charge in [-0.05, 0) is 67.9 Å². The highest BCUT2D eigenvalue weighted by molar-refractivity contribution is 6.01. The van der Waals surface area contributed by atoms with Crippen molar-refractivity contribution < 1.29 is 14.3 Å². The quantitative estimate of drug-likeness (QED) is 0.664. The fourth-order valence-electron chi connectivity index (χ4n) is 6.99. The maximum absolute atomic E-state index is 12.0. The van der Waals surface area contributed by atoms with E-state index in [0.29, 0.717) is 30.1 Å². The summed E-state index contributed by atoms with van der Waals surface area (Å²) < 4.78 is 5.96. The van der Waals surface area contributed by atoms with Gasteiger partial charge in [0.1, 0.15) is 6.10 Å². The summed E-state index contributed by atoms with van der Waals surface area (Å²) >= 11 is 0. The first-order valence-electron chi connectivity index (χ1n) is 10.4. The number of ether oxygens (including phenoxy) is 1. The van der Waals surface area contributed by atoms with Crippen LogP contribution < -0.4 is 0 Å². The molecule has 0 amide bonds. The molecule has 0 aromatic heterocycles. The molecule has 4 aliphatic rings. The normalized spacial score (nSPS) is 46.8. The van der Waals surface area contributed by atoms with E-state index in [4.69, 9.17) is 4.74 Å². The van der Waals surface area contributed by atoms with Crippen molar-refractivity contribution in [2.75, 3.05) is 0 Å². The topological polar surface area (TPSA) is 43.4 Å². The summed E-state index contributed by atoms with van der Waals surface area (Å²) in [5.74, 6) is 2.43. The standard InChI is InChI=1S/C23H32O3/c1-5-20(25)26-21-14(2)12-19-17-7-6-15-13-16(24)8-10-22(15,3)18(17)9-11-23(19,21)4/h8,10,13-14,17-19,21H,5-7,9,11-12H2,1-4H3/t14-,17-,18+,19+,21-,22+,23+/m1/s1. The Morgan fingerprint density at radius 3 is 2.77 bits per heavy atom. The Morgan fingerprint density at radius 1 is 1.27 bits per heavy atom. The molecule has 0 bridgehead atoms. The number of fused-ring (bicyclic) bond motifs is 5. The van der Waals surface area contributed by atoms with Gasteiger partial charge in [-0.2, -0.15) is 0 Å². The van der Waals surface area contributed by atoms with Crippen LogP contribution in [-0.2, 0) is 14.3 Å². The third-order valence-electron chi connectivity index (χ3n) is 8.33. The minimum Gasteiger partial charge on any atom is -0.461 e. The highest BCUT2D eigenvalue weighted by atomic mass is 16.5. The first-order chi connectivity index (χ1) is 12.3. The summed E-state index contributed by atoms with van der Waals surface area (Å²) in [4.78, 5) is 23.9. The number of allylic oxidation sites excluding steroid dienone is 4. The zero-order valence-corrected chi connectivity index (χ0v) is 16.6. The van der Waals surface area contributed by atoms with Crippen molar-refractivity contribution >= 4 is 11.8 Å². The number of carbonyl (C=O) groups excluding carboxylic acids is 2. The molecule has 3 saturated carbocycles. The Bertz CT molecular complexity index is 690.